The van der Waals surface area contributed by atoms with Crippen molar-refractivity contribution < 1.29 is 14.3 Å². The van der Waals surface area contributed by atoms with Crippen molar-refractivity contribution in [2.45, 2.75) is 51.0 Å². The molecular weight excluding hydrogens is 350 g/mol. The van der Waals surface area contributed by atoms with Gasteiger partial charge in [0.2, 0.25) is 11.8 Å². The number of aromatic nitrogens is 1. The number of fused-ring (bicyclic) bond motifs is 1. The van der Waals surface area contributed by atoms with Crippen LogP contribution in [-0.4, -0.2) is 57.9 Å². The van der Waals surface area contributed by atoms with Gasteiger partial charge in [0.05, 0.1) is 31.0 Å². The zero-order valence-corrected chi connectivity index (χ0v) is 16.2. The Kier molecular flexibility index (Phi) is 4.39. The molecule has 26 heavy (non-hydrogen) atoms. The number of hydrogen-bond acceptors (Lipinski definition) is 5. The second-order valence-electron chi connectivity index (χ2n) is 7.46. The molecule has 0 saturated carbocycles. The standard InChI is InChI=1S/C19H25N3O3S/c1-4-12(5-2)22-11-19-7-6-13(25-19)15(16(19)18(22)24)17(23)21(3)10-14-20-8-9-26-14/h6-9,12-13,15-16H,4-5,10-11H2,1-3H3/t13-,15-,16+,19-/m0/s1. The van der Waals surface area contributed by atoms with Crippen LogP contribution in [0.25, 0.3) is 0 Å². The number of rotatable bonds is 6. The third kappa shape index (κ3) is 2.52. The van der Waals surface area contributed by atoms with E-state index in [2.05, 4.69) is 18.8 Å². The van der Waals surface area contributed by atoms with E-state index in [-0.39, 0.29) is 24.0 Å². The SMILES string of the molecule is CCC(CC)N1C[C@]23C=C[C@H](O2)[C@H](C(=O)N(C)Cc2nccs2)[C@@H]3C1=O. The third-order valence-corrected chi connectivity index (χ3v) is 6.79. The highest BCUT2D eigenvalue weighted by molar-refractivity contribution is 7.09. The van der Waals surface area contributed by atoms with Crippen molar-refractivity contribution in [1.29, 1.82) is 0 Å². The molecule has 4 rings (SSSR count). The van der Waals surface area contributed by atoms with Gasteiger partial charge in [0, 0.05) is 24.7 Å². The van der Waals surface area contributed by atoms with Crippen LogP contribution in [0.4, 0.5) is 0 Å². The predicted molar refractivity (Wildman–Crippen MR) is 98.4 cm³/mol. The molecule has 0 aromatic carbocycles. The maximum absolute atomic E-state index is 13.2. The summed E-state index contributed by atoms with van der Waals surface area (Å²) >= 11 is 1.53. The molecule has 4 heterocycles. The van der Waals surface area contributed by atoms with E-state index in [1.54, 1.807) is 18.1 Å². The molecule has 2 fully saturated rings. The van der Waals surface area contributed by atoms with Crippen LogP contribution in [-0.2, 0) is 20.9 Å². The Hall–Kier alpha value is -1.73. The first-order valence-corrected chi connectivity index (χ1v) is 10.2. The van der Waals surface area contributed by atoms with Crippen molar-refractivity contribution in [3.8, 4) is 0 Å². The second-order valence-corrected chi connectivity index (χ2v) is 8.44. The molecule has 0 unspecified atom stereocenters. The molecule has 4 atom stereocenters. The molecule has 140 valence electrons. The third-order valence-electron chi connectivity index (χ3n) is 6.03. The number of hydrogen-bond donors (Lipinski definition) is 0. The van der Waals surface area contributed by atoms with E-state index in [4.69, 9.17) is 4.74 Å². The molecule has 0 N–H and O–H groups in total. The number of ether oxygens (including phenoxy) is 1. The summed E-state index contributed by atoms with van der Waals surface area (Å²) in [6, 6.07) is 0.210. The van der Waals surface area contributed by atoms with E-state index in [9.17, 15) is 9.59 Å². The maximum atomic E-state index is 13.2. The number of thiazole rings is 1. The minimum Gasteiger partial charge on any atom is -0.360 e. The number of carbonyl (C=O) groups excluding carboxylic acids is 2. The number of likely N-dealkylation sites (tertiary alicyclic amines) is 1. The van der Waals surface area contributed by atoms with E-state index in [0.29, 0.717) is 13.1 Å². The first-order chi connectivity index (χ1) is 12.5. The van der Waals surface area contributed by atoms with Crippen LogP contribution in [0.15, 0.2) is 23.7 Å². The van der Waals surface area contributed by atoms with Crippen LogP contribution >= 0.6 is 11.3 Å². The lowest BCUT2D eigenvalue weighted by molar-refractivity contribution is -0.143. The largest absolute Gasteiger partial charge is 0.360 e. The van der Waals surface area contributed by atoms with Crippen molar-refractivity contribution in [3.63, 3.8) is 0 Å². The van der Waals surface area contributed by atoms with Crippen LogP contribution < -0.4 is 0 Å². The van der Waals surface area contributed by atoms with E-state index in [0.717, 1.165) is 17.8 Å². The highest BCUT2D eigenvalue weighted by Crippen LogP contribution is 2.52. The minimum absolute atomic E-state index is 0.0267. The van der Waals surface area contributed by atoms with Gasteiger partial charge in [-0.15, -0.1) is 11.3 Å². The van der Waals surface area contributed by atoms with Crippen LogP contribution in [0.5, 0.6) is 0 Å². The first kappa shape index (κ1) is 17.7. The average Bonchev–Trinajstić information content (AvgIpc) is 3.38. The first-order valence-electron chi connectivity index (χ1n) is 9.31. The van der Waals surface area contributed by atoms with Crippen LogP contribution in [0.2, 0.25) is 0 Å². The minimum atomic E-state index is -0.618. The molecule has 1 spiro atoms. The normalized spacial score (nSPS) is 31.9. The summed E-state index contributed by atoms with van der Waals surface area (Å²) in [7, 11) is 1.78. The zero-order valence-electron chi connectivity index (χ0n) is 15.4. The molecule has 0 radical (unpaired) electrons. The Morgan fingerprint density at radius 2 is 2.27 bits per heavy atom. The van der Waals surface area contributed by atoms with Crippen molar-refractivity contribution >= 4 is 23.2 Å². The smallest absolute Gasteiger partial charge is 0.230 e. The Balaban J connectivity index is 1.57. The predicted octanol–water partition coefficient (Wildman–Crippen LogP) is 2.07. The van der Waals surface area contributed by atoms with Gasteiger partial charge in [0.1, 0.15) is 10.6 Å². The molecular formula is C19H25N3O3S. The fourth-order valence-corrected chi connectivity index (χ4v) is 5.38. The number of carbonyl (C=O) groups is 2. The highest BCUT2D eigenvalue weighted by atomic mass is 32.1. The monoisotopic (exact) mass is 375 g/mol. The summed E-state index contributed by atoms with van der Waals surface area (Å²) in [5.41, 5.74) is -0.618. The number of nitrogens with zero attached hydrogens (tertiary/aromatic N) is 3. The van der Waals surface area contributed by atoms with E-state index < -0.39 is 17.4 Å². The lowest BCUT2D eigenvalue weighted by Crippen LogP contribution is -2.45. The molecule has 0 aliphatic carbocycles. The van der Waals surface area contributed by atoms with Gasteiger partial charge in [-0.05, 0) is 12.8 Å². The molecule has 6 nitrogen and oxygen atoms in total. The number of amides is 2. The fraction of sp³-hybridized carbons (Fsp3) is 0.632. The van der Waals surface area contributed by atoms with Gasteiger partial charge in [-0.25, -0.2) is 4.98 Å². The topological polar surface area (TPSA) is 62.7 Å². The van der Waals surface area contributed by atoms with E-state index in [1.807, 2.05) is 22.4 Å². The van der Waals surface area contributed by atoms with E-state index in [1.165, 1.54) is 11.3 Å². The summed E-state index contributed by atoms with van der Waals surface area (Å²) < 4.78 is 6.21. The summed E-state index contributed by atoms with van der Waals surface area (Å²) in [4.78, 5) is 34.3. The van der Waals surface area contributed by atoms with Crippen molar-refractivity contribution in [3.05, 3.63) is 28.7 Å². The average molecular weight is 375 g/mol. The fourth-order valence-electron chi connectivity index (χ4n) is 4.71. The van der Waals surface area contributed by atoms with Crippen molar-refractivity contribution in [2.24, 2.45) is 11.8 Å². The van der Waals surface area contributed by atoms with Crippen LogP contribution in [0.1, 0.15) is 31.7 Å². The lowest BCUT2D eigenvalue weighted by atomic mass is 9.76. The maximum Gasteiger partial charge on any atom is 0.230 e. The summed E-state index contributed by atoms with van der Waals surface area (Å²) in [6.45, 7) is 5.24. The van der Waals surface area contributed by atoms with Gasteiger partial charge >= 0.3 is 0 Å². The van der Waals surface area contributed by atoms with Crippen LogP contribution in [0.3, 0.4) is 0 Å². The van der Waals surface area contributed by atoms with Gasteiger partial charge in [0.15, 0.2) is 0 Å². The summed E-state index contributed by atoms with van der Waals surface area (Å²) in [5, 5.41) is 2.80. The highest BCUT2D eigenvalue weighted by Gasteiger charge is 2.67. The Labute approximate surface area is 157 Å². The summed E-state index contributed by atoms with van der Waals surface area (Å²) in [6.07, 6.45) is 7.28. The molecule has 7 heteroatoms. The quantitative estimate of drug-likeness (QED) is 0.714. The van der Waals surface area contributed by atoms with Crippen molar-refractivity contribution in [2.75, 3.05) is 13.6 Å². The van der Waals surface area contributed by atoms with Crippen molar-refractivity contribution in [1.82, 2.24) is 14.8 Å². The van der Waals surface area contributed by atoms with Gasteiger partial charge in [-0.3, -0.25) is 9.59 Å². The second kappa shape index (κ2) is 6.46. The molecule has 3 aliphatic heterocycles. The lowest BCUT2D eigenvalue weighted by Gasteiger charge is -2.29. The van der Waals surface area contributed by atoms with E-state index >= 15 is 0 Å². The van der Waals surface area contributed by atoms with Gasteiger partial charge in [0.25, 0.3) is 0 Å². The van der Waals surface area contributed by atoms with Gasteiger partial charge < -0.3 is 14.5 Å². The molecule has 1 aromatic heterocycles. The molecule has 2 saturated heterocycles. The van der Waals surface area contributed by atoms with Crippen LogP contribution in [0, 0.1) is 11.8 Å². The Morgan fingerprint density at radius 1 is 1.50 bits per heavy atom. The van der Waals surface area contributed by atoms with Gasteiger partial charge in [-0.1, -0.05) is 26.0 Å². The molecule has 1 aromatic rings. The van der Waals surface area contributed by atoms with Gasteiger partial charge in [-0.2, -0.15) is 0 Å². The Morgan fingerprint density at radius 3 is 2.92 bits per heavy atom. The molecule has 3 aliphatic rings. The Bertz CT molecular complexity index is 730. The summed E-state index contributed by atoms with van der Waals surface area (Å²) in [5.74, 6) is -0.783. The zero-order chi connectivity index (χ0) is 18.5. The molecule has 2 amide bonds. The molecule has 2 bridgehead atoms.